The van der Waals surface area contributed by atoms with Crippen LogP contribution in [0.2, 0.25) is 5.22 Å². The molecular formula is C11H10ClF2NOS. The molecule has 0 amide bonds. The van der Waals surface area contributed by atoms with Gasteiger partial charge in [0.2, 0.25) is 0 Å². The summed E-state index contributed by atoms with van der Waals surface area (Å²) in [6.45, 7) is 0. The lowest BCUT2D eigenvalue weighted by atomic mass is 10.3. The van der Waals surface area contributed by atoms with Gasteiger partial charge in [0.05, 0.1) is 0 Å². The van der Waals surface area contributed by atoms with Gasteiger partial charge in [-0.15, -0.1) is 0 Å². The van der Waals surface area contributed by atoms with Gasteiger partial charge in [-0.25, -0.2) is 4.36 Å². The van der Waals surface area contributed by atoms with Gasteiger partial charge >= 0.3 is 0 Å². The summed E-state index contributed by atoms with van der Waals surface area (Å²) in [5, 5.41) is 0.324. The molecular weight excluding hydrogens is 268 g/mol. The van der Waals surface area contributed by atoms with Crippen molar-refractivity contribution in [3.8, 4) is 0 Å². The Morgan fingerprint density at radius 3 is 3.00 bits per heavy atom. The quantitative estimate of drug-likeness (QED) is 0.807. The van der Waals surface area contributed by atoms with E-state index < -0.39 is 6.08 Å². The molecule has 0 saturated heterocycles. The number of halogens is 3. The highest BCUT2D eigenvalue weighted by Gasteiger charge is 2.12. The lowest BCUT2D eigenvalue weighted by molar-refractivity contribution is 0.418. The first-order chi connectivity index (χ1) is 8.15. The Bertz CT molecular complexity index is 503. The van der Waals surface area contributed by atoms with Crippen molar-refractivity contribution in [1.29, 1.82) is 0 Å². The average molecular weight is 278 g/mol. The Morgan fingerprint density at radius 2 is 2.35 bits per heavy atom. The molecule has 1 aliphatic rings. The second-order valence-corrected chi connectivity index (χ2v) is 5.62. The normalized spacial score (nSPS) is 18.8. The minimum absolute atomic E-state index is 0.214. The number of nitrogens with zero attached hydrogens (tertiary/aromatic N) is 1. The first-order valence-electron chi connectivity index (χ1n) is 5.01. The van der Waals surface area contributed by atoms with Crippen LogP contribution < -0.4 is 0 Å². The standard InChI is InChI=1S/C11H10ClF2NOS/c12-10-4-3-9(16-10)8-5-7-17(15-8)6-1-2-11(13)14/h2-5H,1,6-7H2. The van der Waals surface area contributed by atoms with Crippen molar-refractivity contribution >= 4 is 28.0 Å². The van der Waals surface area contributed by atoms with Crippen LogP contribution in [-0.4, -0.2) is 11.5 Å². The van der Waals surface area contributed by atoms with Gasteiger partial charge in [-0.05, 0) is 42.3 Å². The molecule has 1 atom stereocenters. The summed E-state index contributed by atoms with van der Waals surface area (Å²) in [6, 6.07) is 3.41. The van der Waals surface area contributed by atoms with Gasteiger partial charge in [0.25, 0.3) is 6.08 Å². The third kappa shape index (κ3) is 3.51. The Labute approximate surface area is 105 Å². The third-order valence-electron chi connectivity index (χ3n) is 2.17. The second-order valence-electron chi connectivity index (χ2n) is 3.40. The molecule has 0 spiro atoms. The van der Waals surface area contributed by atoms with Crippen molar-refractivity contribution in [3.05, 3.63) is 41.3 Å². The fraction of sp³-hybridized carbons (Fsp3) is 0.273. The molecule has 0 fully saturated rings. The fourth-order valence-corrected chi connectivity index (χ4v) is 3.08. The van der Waals surface area contributed by atoms with Crippen LogP contribution in [0.15, 0.2) is 39.1 Å². The first-order valence-corrected chi connectivity index (χ1v) is 6.91. The van der Waals surface area contributed by atoms with Gasteiger partial charge < -0.3 is 4.42 Å². The molecule has 17 heavy (non-hydrogen) atoms. The molecule has 1 aliphatic heterocycles. The van der Waals surface area contributed by atoms with Gasteiger partial charge in [0.1, 0.15) is 5.70 Å². The van der Waals surface area contributed by atoms with E-state index in [9.17, 15) is 8.78 Å². The predicted molar refractivity (Wildman–Crippen MR) is 66.1 cm³/mol. The van der Waals surface area contributed by atoms with Crippen molar-refractivity contribution in [2.45, 2.75) is 6.42 Å². The van der Waals surface area contributed by atoms with Crippen LogP contribution in [0.1, 0.15) is 12.2 Å². The second kappa shape index (κ2) is 5.60. The van der Waals surface area contributed by atoms with Crippen LogP contribution in [0.25, 0.3) is 5.70 Å². The molecule has 2 rings (SSSR count). The van der Waals surface area contributed by atoms with E-state index in [1.807, 2.05) is 6.08 Å². The summed E-state index contributed by atoms with van der Waals surface area (Å²) in [6.07, 6.45) is 1.62. The zero-order valence-corrected chi connectivity index (χ0v) is 10.4. The molecule has 0 saturated carbocycles. The molecule has 1 unspecified atom stereocenters. The van der Waals surface area contributed by atoms with Crippen LogP contribution in [-0.2, 0) is 10.7 Å². The van der Waals surface area contributed by atoms with Gasteiger partial charge in [-0.3, -0.25) is 0 Å². The zero-order chi connectivity index (χ0) is 12.3. The smallest absolute Gasteiger partial charge is 0.266 e. The molecule has 6 heteroatoms. The summed E-state index contributed by atoms with van der Waals surface area (Å²) < 4.78 is 33.4. The molecule has 1 aromatic rings. The first kappa shape index (κ1) is 12.5. The van der Waals surface area contributed by atoms with E-state index in [0.29, 0.717) is 23.2 Å². The summed E-state index contributed by atoms with van der Waals surface area (Å²) in [4.78, 5) is 0. The largest absolute Gasteiger partial charge is 0.443 e. The van der Waals surface area contributed by atoms with Gasteiger partial charge in [-0.2, -0.15) is 8.78 Å². The van der Waals surface area contributed by atoms with Gasteiger partial charge in [-0.1, -0.05) is 10.7 Å². The number of furan rings is 1. The van der Waals surface area contributed by atoms with Crippen LogP contribution in [0.5, 0.6) is 0 Å². The van der Waals surface area contributed by atoms with Crippen molar-refractivity contribution in [3.63, 3.8) is 0 Å². The van der Waals surface area contributed by atoms with E-state index in [2.05, 4.69) is 4.36 Å². The van der Waals surface area contributed by atoms with Crippen LogP contribution in [0.3, 0.4) is 0 Å². The minimum Gasteiger partial charge on any atom is -0.443 e. The Hall–Kier alpha value is -0.940. The third-order valence-corrected chi connectivity index (χ3v) is 4.09. The molecule has 92 valence electrons. The summed E-state index contributed by atoms with van der Waals surface area (Å²) >= 11 is 5.67. The highest BCUT2D eigenvalue weighted by Crippen LogP contribution is 2.26. The molecule has 1 aromatic heterocycles. The molecule has 2 heterocycles. The molecule has 0 aromatic carbocycles. The van der Waals surface area contributed by atoms with E-state index in [1.54, 1.807) is 12.1 Å². The van der Waals surface area contributed by atoms with Crippen molar-refractivity contribution in [2.75, 3.05) is 11.5 Å². The Balaban J connectivity index is 1.96. The monoisotopic (exact) mass is 277 g/mol. The maximum atomic E-state index is 11.8. The molecule has 0 aliphatic carbocycles. The van der Waals surface area contributed by atoms with Crippen molar-refractivity contribution in [2.24, 2.45) is 4.36 Å². The Kier molecular flexibility index (Phi) is 4.12. The topological polar surface area (TPSA) is 25.5 Å². The molecule has 0 radical (unpaired) electrons. The van der Waals surface area contributed by atoms with E-state index >= 15 is 0 Å². The fourth-order valence-electron chi connectivity index (χ4n) is 1.42. The van der Waals surface area contributed by atoms with Crippen molar-refractivity contribution < 1.29 is 13.2 Å². The minimum atomic E-state index is -1.63. The predicted octanol–water partition coefficient (Wildman–Crippen LogP) is 4.26. The Morgan fingerprint density at radius 1 is 1.53 bits per heavy atom. The maximum absolute atomic E-state index is 11.8. The van der Waals surface area contributed by atoms with E-state index in [-0.39, 0.29) is 10.7 Å². The summed E-state index contributed by atoms with van der Waals surface area (Å²) in [5.74, 6) is 2.07. The summed E-state index contributed by atoms with van der Waals surface area (Å²) in [5.41, 5.74) is 0.768. The van der Waals surface area contributed by atoms with Crippen LogP contribution in [0.4, 0.5) is 8.78 Å². The van der Waals surface area contributed by atoms with E-state index in [4.69, 9.17) is 16.0 Å². The SMILES string of the molecule is FC(F)=CCCS1=NC(c2ccc(Cl)o2)=CC1. The maximum Gasteiger partial charge on any atom is 0.266 e. The molecule has 0 N–H and O–H groups in total. The summed E-state index contributed by atoms with van der Waals surface area (Å²) in [7, 11) is -0.214. The number of allylic oxidation sites excluding steroid dienone is 1. The highest BCUT2D eigenvalue weighted by atomic mass is 35.5. The van der Waals surface area contributed by atoms with Crippen molar-refractivity contribution in [1.82, 2.24) is 0 Å². The van der Waals surface area contributed by atoms with E-state index in [1.165, 1.54) is 0 Å². The number of hydrogen-bond donors (Lipinski definition) is 0. The molecule has 2 nitrogen and oxygen atoms in total. The van der Waals surface area contributed by atoms with Crippen LogP contribution >= 0.6 is 11.6 Å². The zero-order valence-electron chi connectivity index (χ0n) is 8.83. The number of hydrogen-bond acceptors (Lipinski definition) is 2. The lowest BCUT2D eigenvalue weighted by Gasteiger charge is -1.97. The van der Waals surface area contributed by atoms with Gasteiger partial charge in [0.15, 0.2) is 11.0 Å². The van der Waals surface area contributed by atoms with Crippen LogP contribution in [0, 0.1) is 0 Å². The highest BCUT2D eigenvalue weighted by molar-refractivity contribution is 7.87. The van der Waals surface area contributed by atoms with E-state index in [0.717, 1.165) is 17.5 Å². The number of rotatable bonds is 4. The molecule has 0 bridgehead atoms. The lowest BCUT2D eigenvalue weighted by Crippen LogP contribution is -1.95. The van der Waals surface area contributed by atoms with Gasteiger partial charge in [0, 0.05) is 11.5 Å². The average Bonchev–Trinajstić information content (AvgIpc) is 2.86.